The van der Waals surface area contributed by atoms with Crippen LogP contribution in [0.3, 0.4) is 0 Å². The number of terminal acetylenes is 1. The van der Waals surface area contributed by atoms with Crippen molar-refractivity contribution < 1.29 is 4.39 Å². The largest absolute Gasteiger partial charge is 0.271 e. The maximum atomic E-state index is 12.9. The van der Waals surface area contributed by atoms with Crippen LogP contribution in [0.4, 0.5) is 4.39 Å². The molecule has 0 spiro atoms. The summed E-state index contributed by atoms with van der Waals surface area (Å²) < 4.78 is 12.9. The van der Waals surface area contributed by atoms with Gasteiger partial charge in [0.15, 0.2) is 0 Å². The highest BCUT2D eigenvalue weighted by molar-refractivity contribution is 6.31. The minimum absolute atomic E-state index is 0.0959. The molecule has 86 valence electrons. The molecule has 16 heavy (non-hydrogen) atoms. The van der Waals surface area contributed by atoms with Gasteiger partial charge in [0.05, 0.1) is 0 Å². The SMILES string of the molecule is C#CCCCC(NN)c1ccc(F)cc1Cl. The van der Waals surface area contributed by atoms with E-state index < -0.39 is 0 Å². The third-order valence-electron chi connectivity index (χ3n) is 2.35. The Morgan fingerprint density at radius 3 is 2.88 bits per heavy atom. The van der Waals surface area contributed by atoms with Gasteiger partial charge in [-0.05, 0) is 30.5 Å². The average Bonchev–Trinajstić information content (AvgIpc) is 2.26. The van der Waals surface area contributed by atoms with Gasteiger partial charge in [-0.3, -0.25) is 11.3 Å². The highest BCUT2D eigenvalue weighted by Gasteiger charge is 2.13. The molecule has 0 heterocycles. The van der Waals surface area contributed by atoms with Gasteiger partial charge >= 0.3 is 0 Å². The zero-order valence-corrected chi connectivity index (χ0v) is 9.60. The molecule has 0 aliphatic heterocycles. The second-order valence-electron chi connectivity index (χ2n) is 3.48. The van der Waals surface area contributed by atoms with Gasteiger partial charge in [0.1, 0.15) is 5.82 Å². The Morgan fingerprint density at radius 2 is 2.31 bits per heavy atom. The Hall–Kier alpha value is -1.08. The van der Waals surface area contributed by atoms with Crippen molar-refractivity contribution in [2.24, 2.45) is 5.84 Å². The Kier molecular flexibility index (Phi) is 5.27. The Morgan fingerprint density at radius 1 is 1.56 bits per heavy atom. The third-order valence-corrected chi connectivity index (χ3v) is 2.68. The van der Waals surface area contributed by atoms with Gasteiger partial charge in [-0.1, -0.05) is 17.7 Å². The summed E-state index contributed by atoms with van der Waals surface area (Å²) in [5, 5.41) is 0.378. The smallest absolute Gasteiger partial charge is 0.124 e. The maximum Gasteiger partial charge on any atom is 0.124 e. The highest BCUT2D eigenvalue weighted by Crippen LogP contribution is 2.26. The molecule has 1 unspecified atom stereocenters. The fourth-order valence-corrected chi connectivity index (χ4v) is 1.82. The van der Waals surface area contributed by atoms with E-state index in [2.05, 4.69) is 11.3 Å². The Bertz CT molecular complexity index is 387. The van der Waals surface area contributed by atoms with Crippen LogP contribution >= 0.6 is 11.6 Å². The molecule has 0 amide bonds. The van der Waals surface area contributed by atoms with E-state index in [0.717, 1.165) is 18.4 Å². The van der Waals surface area contributed by atoms with Gasteiger partial charge in [0.25, 0.3) is 0 Å². The van der Waals surface area contributed by atoms with Crippen LogP contribution in [0.2, 0.25) is 5.02 Å². The lowest BCUT2D eigenvalue weighted by atomic mass is 10.0. The molecular weight excluding hydrogens is 227 g/mol. The van der Waals surface area contributed by atoms with Crippen molar-refractivity contribution in [1.29, 1.82) is 0 Å². The van der Waals surface area contributed by atoms with Gasteiger partial charge in [-0.25, -0.2) is 4.39 Å². The molecule has 1 atom stereocenters. The lowest BCUT2D eigenvalue weighted by molar-refractivity contribution is 0.501. The van der Waals surface area contributed by atoms with Crippen LogP contribution < -0.4 is 11.3 Å². The van der Waals surface area contributed by atoms with E-state index in [4.69, 9.17) is 23.9 Å². The van der Waals surface area contributed by atoms with Crippen LogP contribution in [0.25, 0.3) is 0 Å². The zero-order chi connectivity index (χ0) is 12.0. The number of hydrogen-bond donors (Lipinski definition) is 2. The summed E-state index contributed by atoms with van der Waals surface area (Å²) >= 11 is 5.94. The van der Waals surface area contributed by atoms with E-state index in [9.17, 15) is 4.39 Å². The zero-order valence-electron chi connectivity index (χ0n) is 8.84. The predicted octanol–water partition coefficient (Wildman–Crippen LogP) is 2.79. The van der Waals surface area contributed by atoms with E-state index in [0.29, 0.717) is 11.4 Å². The lowest BCUT2D eigenvalue weighted by Crippen LogP contribution is -2.28. The Labute approximate surface area is 99.9 Å². The van der Waals surface area contributed by atoms with E-state index in [1.807, 2.05) is 0 Å². The van der Waals surface area contributed by atoms with Crippen LogP contribution in [0.5, 0.6) is 0 Å². The van der Waals surface area contributed by atoms with E-state index in [1.165, 1.54) is 12.1 Å². The van der Waals surface area contributed by atoms with Crippen LogP contribution in [-0.2, 0) is 0 Å². The predicted molar refractivity (Wildman–Crippen MR) is 64.2 cm³/mol. The number of rotatable bonds is 5. The van der Waals surface area contributed by atoms with Crippen LogP contribution in [0.15, 0.2) is 18.2 Å². The molecule has 0 fully saturated rings. The second kappa shape index (κ2) is 6.49. The summed E-state index contributed by atoms with van der Waals surface area (Å²) in [6.45, 7) is 0. The van der Waals surface area contributed by atoms with E-state index in [-0.39, 0.29) is 11.9 Å². The summed E-state index contributed by atoms with van der Waals surface area (Å²) in [5.74, 6) is 7.65. The molecular formula is C12H14ClFN2. The fraction of sp³-hybridized carbons (Fsp3) is 0.333. The summed E-state index contributed by atoms with van der Waals surface area (Å²) in [6.07, 6.45) is 7.47. The topological polar surface area (TPSA) is 38.0 Å². The van der Waals surface area contributed by atoms with Crippen molar-refractivity contribution in [2.75, 3.05) is 0 Å². The molecule has 0 aromatic heterocycles. The highest BCUT2D eigenvalue weighted by atomic mass is 35.5. The van der Waals surface area contributed by atoms with Gasteiger partial charge in [-0.15, -0.1) is 12.3 Å². The molecule has 3 N–H and O–H groups in total. The molecule has 1 aromatic rings. The second-order valence-corrected chi connectivity index (χ2v) is 3.89. The molecule has 0 saturated heterocycles. The first-order chi connectivity index (χ1) is 7.69. The van der Waals surface area contributed by atoms with Crippen LogP contribution in [0.1, 0.15) is 30.9 Å². The van der Waals surface area contributed by atoms with Crippen molar-refractivity contribution >= 4 is 11.6 Å². The minimum atomic E-state index is -0.354. The molecule has 0 aliphatic rings. The number of nitrogens with one attached hydrogen (secondary N) is 1. The van der Waals surface area contributed by atoms with Gasteiger partial charge in [0, 0.05) is 17.5 Å². The summed E-state index contributed by atoms with van der Waals surface area (Å²) in [4.78, 5) is 0. The monoisotopic (exact) mass is 240 g/mol. The van der Waals surface area contributed by atoms with Gasteiger partial charge < -0.3 is 0 Å². The normalized spacial score (nSPS) is 12.1. The Balaban J connectivity index is 2.75. The lowest BCUT2D eigenvalue weighted by Gasteiger charge is -2.17. The van der Waals surface area contributed by atoms with E-state index >= 15 is 0 Å². The van der Waals surface area contributed by atoms with Crippen LogP contribution in [0, 0.1) is 18.2 Å². The molecule has 4 heteroatoms. The van der Waals surface area contributed by atoms with Crippen molar-refractivity contribution in [3.8, 4) is 12.3 Å². The number of hydrazine groups is 1. The number of nitrogens with two attached hydrogens (primary N) is 1. The number of hydrogen-bond acceptors (Lipinski definition) is 2. The van der Waals surface area contributed by atoms with Crippen LogP contribution in [-0.4, -0.2) is 0 Å². The fourth-order valence-electron chi connectivity index (χ4n) is 1.52. The number of halogens is 2. The van der Waals surface area contributed by atoms with Gasteiger partial charge in [0.2, 0.25) is 0 Å². The maximum absolute atomic E-state index is 12.9. The number of benzene rings is 1. The quantitative estimate of drug-likeness (QED) is 0.360. The first-order valence-corrected chi connectivity index (χ1v) is 5.41. The van der Waals surface area contributed by atoms with Crippen molar-refractivity contribution in [2.45, 2.75) is 25.3 Å². The molecule has 1 aromatic carbocycles. The number of unbranched alkanes of at least 4 members (excludes halogenated alkanes) is 1. The van der Waals surface area contributed by atoms with Crippen molar-refractivity contribution in [3.05, 3.63) is 34.6 Å². The van der Waals surface area contributed by atoms with E-state index in [1.54, 1.807) is 6.07 Å². The molecule has 0 saturated carbocycles. The van der Waals surface area contributed by atoms with Crippen molar-refractivity contribution in [1.82, 2.24) is 5.43 Å². The molecule has 1 rings (SSSR count). The summed E-state index contributed by atoms with van der Waals surface area (Å²) in [6, 6.07) is 4.19. The average molecular weight is 241 g/mol. The molecule has 0 radical (unpaired) electrons. The molecule has 0 aliphatic carbocycles. The summed E-state index contributed by atoms with van der Waals surface area (Å²) in [7, 11) is 0. The first kappa shape index (κ1) is 13.0. The van der Waals surface area contributed by atoms with Crippen molar-refractivity contribution in [3.63, 3.8) is 0 Å². The standard InChI is InChI=1S/C12H14ClFN2/c1-2-3-4-5-12(16-15)10-7-6-9(14)8-11(10)13/h1,6-8,12,16H,3-5,15H2. The first-order valence-electron chi connectivity index (χ1n) is 5.03. The third kappa shape index (κ3) is 3.49. The van der Waals surface area contributed by atoms with Gasteiger partial charge in [-0.2, -0.15) is 0 Å². The summed E-state index contributed by atoms with van der Waals surface area (Å²) in [5.41, 5.74) is 3.46. The molecule has 2 nitrogen and oxygen atoms in total. The minimum Gasteiger partial charge on any atom is -0.271 e. The molecule has 0 bridgehead atoms.